The maximum absolute atomic E-state index is 12.1. The molecule has 2 aromatic rings. The van der Waals surface area contributed by atoms with Crippen LogP contribution >= 0.6 is 0 Å². The van der Waals surface area contributed by atoms with Gasteiger partial charge in [0.15, 0.2) is 0 Å². The van der Waals surface area contributed by atoms with Crippen molar-refractivity contribution in [2.24, 2.45) is 0 Å². The molecule has 0 bridgehead atoms. The van der Waals surface area contributed by atoms with E-state index in [9.17, 15) is 4.79 Å². The standard InChI is InChI=1S/C15H21N3O3/c1-10-12(11(2)21-17-10)8-15(19)16-9-13(18(3)4)14-6-5-7-20-14/h5-7,13H,8-9H2,1-4H3,(H,16,19)/t13-/m1/s1. The van der Waals surface area contributed by atoms with Crippen molar-refractivity contribution in [3.8, 4) is 0 Å². The Bertz CT molecular complexity index is 568. The third-order valence-electron chi connectivity index (χ3n) is 3.51. The largest absolute Gasteiger partial charge is 0.468 e. The average molecular weight is 291 g/mol. The van der Waals surface area contributed by atoms with E-state index in [2.05, 4.69) is 10.5 Å². The predicted molar refractivity (Wildman–Crippen MR) is 77.8 cm³/mol. The lowest BCUT2D eigenvalue weighted by molar-refractivity contribution is -0.120. The van der Waals surface area contributed by atoms with Gasteiger partial charge < -0.3 is 14.3 Å². The molecule has 0 aliphatic carbocycles. The molecular weight excluding hydrogens is 270 g/mol. The molecule has 114 valence electrons. The van der Waals surface area contributed by atoms with Crippen molar-refractivity contribution in [1.29, 1.82) is 0 Å². The van der Waals surface area contributed by atoms with Crippen LogP contribution in [-0.4, -0.2) is 36.6 Å². The van der Waals surface area contributed by atoms with Gasteiger partial charge in [0.05, 0.1) is 24.4 Å². The third kappa shape index (κ3) is 3.72. The maximum atomic E-state index is 12.1. The number of carbonyl (C=O) groups excluding carboxylic acids is 1. The Morgan fingerprint density at radius 3 is 2.71 bits per heavy atom. The zero-order valence-electron chi connectivity index (χ0n) is 12.8. The quantitative estimate of drug-likeness (QED) is 0.879. The van der Waals surface area contributed by atoms with Crippen LogP contribution in [0.1, 0.15) is 28.8 Å². The molecule has 1 amide bonds. The van der Waals surface area contributed by atoms with Gasteiger partial charge in [-0.3, -0.25) is 9.69 Å². The molecule has 6 heteroatoms. The first-order valence-electron chi connectivity index (χ1n) is 6.87. The van der Waals surface area contributed by atoms with E-state index in [1.54, 1.807) is 6.26 Å². The van der Waals surface area contributed by atoms with Gasteiger partial charge in [-0.15, -0.1) is 0 Å². The SMILES string of the molecule is Cc1noc(C)c1CC(=O)NC[C@H](c1ccco1)N(C)C. The summed E-state index contributed by atoms with van der Waals surface area (Å²) in [6.45, 7) is 4.14. The smallest absolute Gasteiger partial charge is 0.224 e. The topological polar surface area (TPSA) is 71.5 Å². The summed E-state index contributed by atoms with van der Waals surface area (Å²) in [5, 5.41) is 6.79. The minimum atomic E-state index is -0.0530. The Kier molecular flexibility index (Phi) is 4.80. The number of aromatic nitrogens is 1. The van der Waals surface area contributed by atoms with E-state index in [-0.39, 0.29) is 18.4 Å². The van der Waals surface area contributed by atoms with Crippen molar-refractivity contribution >= 4 is 5.91 Å². The third-order valence-corrected chi connectivity index (χ3v) is 3.51. The first-order valence-corrected chi connectivity index (χ1v) is 6.87. The van der Waals surface area contributed by atoms with E-state index in [1.807, 2.05) is 45.0 Å². The van der Waals surface area contributed by atoms with Crippen LogP contribution in [0.15, 0.2) is 27.3 Å². The van der Waals surface area contributed by atoms with Crippen LogP contribution in [0.4, 0.5) is 0 Å². The molecular formula is C15H21N3O3. The number of likely N-dealkylation sites (N-methyl/N-ethyl adjacent to an activating group) is 1. The van der Waals surface area contributed by atoms with Crippen LogP contribution in [0, 0.1) is 13.8 Å². The number of aryl methyl sites for hydroxylation is 2. The van der Waals surface area contributed by atoms with Crippen LogP contribution < -0.4 is 5.32 Å². The maximum Gasteiger partial charge on any atom is 0.224 e. The van der Waals surface area contributed by atoms with Crippen LogP contribution in [0.3, 0.4) is 0 Å². The molecule has 0 aromatic carbocycles. The second kappa shape index (κ2) is 6.58. The number of nitrogens with one attached hydrogen (secondary N) is 1. The van der Waals surface area contributed by atoms with E-state index < -0.39 is 0 Å². The van der Waals surface area contributed by atoms with Gasteiger partial charge in [0.2, 0.25) is 5.91 Å². The van der Waals surface area contributed by atoms with Crippen molar-refractivity contribution in [3.63, 3.8) is 0 Å². The molecule has 1 atom stereocenters. The summed E-state index contributed by atoms with van der Waals surface area (Å²) in [5.74, 6) is 1.47. The Morgan fingerprint density at radius 2 is 2.19 bits per heavy atom. The van der Waals surface area contributed by atoms with Crippen molar-refractivity contribution in [2.45, 2.75) is 26.3 Å². The highest BCUT2D eigenvalue weighted by molar-refractivity contribution is 5.79. The van der Waals surface area contributed by atoms with Crippen molar-refractivity contribution in [1.82, 2.24) is 15.4 Å². The Balaban J connectivity index is 1.94. The number of furan rings is 1. The molecule has 0 aliphatic rings. The molecule has 0 saturated carbocycles. The fraction of sp³-hybridized carbons (Fsp3) is 0.467. The number of carbonyl (C=O) groups is 1. The van der Waals surface area contributed by atoms with E-state index in [1.165, 1.54) is 0 Å². The number of amides is 1. The summed E-state index contributed by atoms with van der Waals surface area (Å²) in [6, 6.07) is 3.76. The zero-order chi connectivity index (χ0) is 15.4. The molecule has 2 aromatic heterocycles. The molecule has 6 nitrogen and oxygen atoms in total. The second-order valence-electron chi connectivity index (χ2n) is 5.28. The number of hydrogen-bond acceptors (Lipinski definition) is 5. The monoisotopic (exact) mass is 291 g/mol. The molecule has 0 saturated heterocycles. The molecule has 2 rings (SSSR count). The van der Waals surface area contributed by atoms with Crippen molar-refractivity contribution in [2.75, 3.05) is 20.6 Å². The lowest BCUT2D eigenvalue weighted by Gasteiger charge is -2.22. The van der Waals surface area contributed by atoms with Crippen molar-refractivity contribution in [3.05, 3.63) is 41.2 Å². The zero-order valence-corrected chi connectivity index (χ0v) is 12.8. The van der Waals surface area contributed by atoms with Crippen molar-refractivity contribution < 1.29 is 13.7 Å². The number of hydrogen-bond donors (Lipinski definition) is 1. The Hall–Kier alpha value is -2.08. The van der Waals surface area contributed by atoms with E-state index in [0.717, 1.165) is 17.0 Å². The molecule has 0 unspecified atom stereocenters. The van der Waals surface area contributed by atoms with Gasteiger partial charge in [0.25, 0.3) is 0 Å². The first-order chi connectivity index (χ1) is 9.99. The van der Waals surface area contributed by atoms with Crippen LogP contribution in [0.25, 0.3) is 0 Å². The minimum absolute atomic E-state index is 0.00798. The molecule has 0 aliphatic heterocycles. The van der Waals surface area contributed by atoms with Crippen LogP contribution in [0.5, 0.6) is 0 Å². The summed E-state index contributed by atoms with van der Waals surface area (Å²) in [5.41, 5.74) is 1.62. The average Bonchev–Trinajstić information content (AvgIpc) is 3.04. The fourth-order valence-electron chi connectivity index (χ4n) is 2.21. The van der Waals surface area contributed by atoms with Gasteiger partial charge in [0, 0.05) is 12.1 Å². The van der Waals surface area contributed by atoms with Gasteiger partial charge >= 0.3 is 0 Å². The minimum Gasteiger partial charge on any atom is -0.468 e. The summed E-state index contributed by atoms with van der Waals surface area (Å²) in [7, 11) is 3.90. The van der Waals surface area contributed by atoms with Crippen LogP contribution in [0.2, 0.25) is 0 Å². The summed E-state index contributed by atoms with van der Waals surface area (Å²) in [6.07, 6.45) is 1.91. The molecule has 1 N–H and O–H groups in total. The van der Waals surface area contributed by atoms with Gasteiger partial charge in [-0.05, 0) is 40.1 Å². The molecule has 0 spiro atoms. The molecule has 2 heterocycles. The normalized spacial score (nSPS) is 12.6. The lowest BCUT2D eigenvalue weighted by Crippen LogP contribution is -2.35. The van der Waals surface area contributed by atoms with Gasteiger partial charge in [0.1, 0.15) is 11.5 Å². The summed E-state index contributed by atoms with van der Waals surface area (Å²) < 4.78 is 10.5. The highest BCUT2D eigenvalue weighted by Gasteiger charge is 2.19. The second-order valence-corrected chi connectivity index (χ2v) is 5.28. The van der Waals surface area contributed by atoms with Gasteiger partial charge in [-0.1, -0.05) is 5.16 Å². The van der Waals surface area contributed by atoms with Gasteiger partial charge in [-0.25, -0.2) is 0 Å². The molecule has 0 radical (unpaired) electrons. The number of rotatable bonds is 6. The Labute approximate surface area is 124 Å². The fourth-order valence-corrected chi connectivity index (χ4v) is 2.21. The van der Waals surface area contributed by atoms with E-state index in [4.69, 9.17) is 8.94 Å². The highest BCUT2D eigenvalue weighted by Crippen LogP contribution is 2.18. The lowest BCUT2D eigenvalue weighted by atomic mass is 10.1. The van der Waals surface area contributed by atoms with E-state index >= 15 is 0 Å². The molecule has 21 heavy (non-hydrogen) atoms. The van der Waals surface area contributed by atoms with Gasteiger partial charge in [-0.2, -0.15) is 0 Å². The Morgan fingerprint density at radius 1 is 1.43 bits per heavy atom. The number of nitrogens with zero attached hydrogens (tertiary/aromatic N) is 2. The first kappa shape index (κ1) is 15.3. The predicted octanol–water partition coefficient (Wildman–Crippen LogP) is 1.85. The van der Waals surface area contributed by atoms with E-state index in [0.29, 0.717) is 12.3 Å². The summed E-state index contributed by atoms with van der Waals surface area (Å²) in [4.78, 5) is 14.1. The summed E-state index contributed by atoms with van der Waals surface area (Å²) >= 11 is 0. The molecule has 0 fully saturated rings. The van der Waals surface area contributed by atoms with Crippen LogP contribution in [-0.2, 0) is 11.2 Å². The highest BCUT2D eigenvalue weighted by atomic mass is 16.5.